The van der Waals surface area contributed by atoms with Crippen LogP contribution in [0.25, 0.3) is 6.08 Å². The molecule has 23 heavy (non-hydrogen) atoms. The molecular formula is C19H29N2OS+. The second-order valence-corrected chi connectivity index (χ2v) is 8.72. The molecule has 2 rings (SSSR count). The highest BCUT2D eigenvalue weighted by Gasteiger charge is 2.41. The van der Waals surface area contributed by atoms with Crippen LogP contribution in [0.5, 0.6) is 0 Å². The fourth-order valence-corrected chi connectivity index (χ4v) is 4.16. The fourth-order valence-electron chi connectivity index (χ4n) is 3.76. The molecule has 0 atom stereocenters. The van der Waals surface area contributed by atoms with Crippen molar-refractivity contribution >= 4 is 23.7 Å². The Morgan fingerprint density at radius 1 is 1.17 bits per heavy atom. The van der Waals surface area contributed by atoms with Crippen LogP contribution in [0.1, 0.15) is 46.1 Å². The molecule has 1 fully saturated rings. The van der Waals surface area contributed by atoms with E-state index in [0.29, 0.717) is 0 Å². The van der Waals surface area contributed by atoms with Gasteiger partial charge in [0.15, 0.2) is 0 Å². The number of quaternary nitrogens is 1. The van der Waals surface area contributed by atoms with E-state index in [0.717, 1.165) is 18.4 Å². The van der Waals surface area contributed by atoms with E-state index in [9.17, 15) is 4.79 Å². The summed E-state index contributed by atoms with van der Waals surface area (Å²) in [5.74, 6) is -0.00237. The van der Waals surface area contributed by atoms with E-state index in [2.05, 4.69) is 56.7 Å². The van der Waals surface area contributed by atoms with Crippen molar-refractivity contribution in [3.05, 3.63) is 35.9 Å². The maximum absolute atomic E-state index is 12.2. The van der Waals surface area contributed by atoms with Gasteiger partial charge in [0.25, 0.3) is 0 Å². The molecule has 0 aromatic heterocycles. The van der Waals surface area contributed by atoms with Crippen molar-refractivity contribution in [2.75, 3.05) is 6.26 Å². The lowest BCUT2D eigenvalue weighted by atomic mass is 9.79. The van der Waals surface area contributed by atoms with Crippen LogP contribution in [0.3, 0.4) is 0 Å². The van der Waals surface area contributed by atoms with Gasteiger partial charge >= 0.3 is 0 Å². The number of rotatable bonds is 4. The maximum atomic E-state index is 12.2. The Labute approximate surface area is 144 Å². The van der Waals surface area contributed by atoms with E-state index >= 15 is 0 Å². The molecule has 126 valence electrons. The Morgan fingerprint density at radius 3 is 2.26 bits per heavy atom. The molecular weight excluding hydrogens is 304 g/mol. The third kappa shape index (κ3) is 5.70. The van der Waals surface area contributed by atoms with Crippen molar-refractivity contribution in [3.63, 3.8) is 0 Å². The normalized spacial score (nSPS) is 20.6. The van der Waals surface area contributed by atoms with Crippen LogP contribution < -0.4 is 10.6 Å². The summed E-state index contributed by atoms with van der Waals surface area (Å²) in [5, 5.41) is 5.60. The molecule has 1 saturated heterocycles. The number of nitrogens with one attached hydrogen (secondary N) is 1. The minimum Gasteiger partial charge on any atom is -0.349 e. The molecule has 1 heterocycles. The SMILES string of the molecule is CSc1ccc(/C=C/C(=O)NC2CC(C)(C)[NH2+]C(C)(C)C2)cc1. The molecule has 1 aromatic carbocycles. The smallest absolute Gasteiger partial charge is 0.244 e. The van der Waals surface area contributed by atoms with Crippen molar-refractivity contribution in [2.24, 2.45) is 0 Å². The van der Waals surface area contributed by atoms with Crippen LogP contribution in [0.4, 0.5) is 0 Å². The van der Waals surface area contributed by atoms with Crippen molar-refractivity contribution < 1.29 is 10.1 Å². The molecule has 0 aliphatic carbocycles. The summed E-state index contributed by atoms with van der Waals surface area (Å²) in [6.07, 6.45) is 7.58. The van der Waals surface area contributed by atoms with Crippen LogP contribution in [-0.2, 0) is 4.79 Å². The Kier molecular flexibility index (Phi) is 5.58. The first kappa shape index (κ1) is 18.1. The molecule has 1 aliphatic rings. The largest absolute Gasteiger partial charge is 0.349 e. The molecule has 0 spiro atoms. The summed E-state index contributed by atoms with van der Waals surface area (Å²) in [7, 11) is 0. The molecule has 3 nitrogen and oxygen atoms in total. The van der Waals surface area contributed by atoms with Crippen LogP contribution >= 0.6 is 11.8 Å². The number of benzene rings is 1. The third-order valence-corrected chi connectivity index (χ3v) is 4.96. The zero-order chi connectivity index (χ0) is 17.1. The molecule has 4 heteroatoms. The van der Waals surface area contributed by atoms with E-state index in [1.165, 1.54) is 4.90 Å². The first-order chi connectivity index (χ1) is 10.7. The minimum absolute atomic E-state index is 0.00237. The van der Waals surface area contributed by atoms with E-state index in [4.69, 9.17) is 0 Å². The molecule has 1 aliphatic heterocycles. The number of piperidine rings is 1. The Bertz CT molecular complexity index is 560. The number of carbonyl (C=O) groups excluding carboxylic acids is 1. The van der Waals surface area contributed by atoms with Gasteiger partial charge in [-0.05, 0) is 57.7 Å². The average Bonchev–Trinajstić information content (AvgIpc) is 2.42. The van der Waals surface area contributed by atoms with Gasteiger partial charge in [-0.25, -0.2) is 0 Å². The summed E-state index contributed by atoms with van der Waals surface area (Å²) in [6.45, 7) is 8.98. The van der Waals surface area contributed by atoms with Gasteiger partial charge in [-0.2, -0.15) is 0 Å². The highest BCUT2D eigenvalue weighted by atomic mass is 32.2. The quantitative estimate of drug-likeness (QED) is 0.657. The zero-order valence-corrected chi connectivity index (χ0v) is 15.7. The van der Waals surface area contributed by atoms with Gasteiger partial charge in [-0.3, -0.25) is 4.79 Å². The third-order valence-electron chi connectivity index (χ3n) is 4.22. The molecule has 0 unspecified atom stereocenters. The van der Waals surface area contributed by atoms with Gasteiger partial charge < -0.3 is 10.6 Å². The monoisotopic (exact) mass is 333 g/mol. The predicted octanol–water partition coefficient (Wildman–Crippen LogP) is 2.82. The number of thioether (sulfide) groups is 1. The molecule has 3 N–H and O–H groups in total. The molecule has 0 bridgehead atoms. The zero-order valence-electron chi connectivity index (χ0n) is 14.8. The summed E-state index contributed by atoms with van der Waals surface area (Å²) >= 11 is 1.72. The number of amides is 1. The predicted molar refractivity (Wildman–Crippen MR) is 98.5 cm³/mol. The van der Waals surface area contributed by atoms with Gasteiger partial charge in [0.2, 0.25) is 5.91 Å². The van der Waals surface area contributed by atoms with Crippen LogP contribution in [0.2, 0.25) is 0 Å². The molecule has 1 aromatic rings. The highest BCUT2D eigenvalue weighted by molar-refractivity contribution is 7.98. The van der Waals surface area contributed by atoms with Crippen molar-refractivity contribution in [2.45, 2.75) is 62.6 Å². The molecule has 0 saturated carbocycles. The first-order valence-electron chi connectivity index (χ1n) is 8.19. The topological polar surface area (TPSA) is 45.7 Å². The fraction of sp³-hybridized carbons (Fsp3) is 0.526. The second kappa shape index (κ2) is 7.10. The summed E-state index contributed by atoms with van der Waals surface area (Å²) < 4.78 is 0. The van der Waals surface area contributed by atoms with Crippen LogP contribution in [0, 0.1) is 0 Å². The number of hydrogen-bond acceptors (Lipinski definition) is 2. The Morgan fingerprint density at radius 2 is 1.74 bits per heavy atom. The van der Waals surface area contributed by atoms with Crippen molar-refractivity contribution in [3.8, 4) is 0 Å². The standard InChI is InChI=1S/C19H28N2OS/c1-18(2)12-15(13-19(3,4)21-18)20-17(22)11-8-14-6-9-16(23-5)10-7-14/h6-11,15,21H,12-13H2,1-5H3,(H,20,22)/p+1/b11-8+. The van der Waals surface area contributed by atoms with Gasteiger partial charge in [0.1, 0.15) is 0 Å². The van der Waals surface area contributed by atoms with Gasteiger partial charge in [-0.1, -0.05) is 12.1 Å². The average molecular weight is 334 g/mol. The second-order valence-electron chi connectivity index (χ2n) is 7.84. The van der Waals surface area contributed by atoms with E-state index in [-0.39, 0.29) is 23.0 Å². The highest BCUT2D eigenvalue weighted by Crippen LogP contribution is 2.21. The lowest BCUT2D eigenvalue weighted by Crippen LogP contribution is -3.06. The molecule has 0 radical (unpaired) electrons. The molecule has 1 amide bonds. The van der Waals surface area contributed by atoms with Gasteiger partial charge in [-0.15, -0.1) is 11.8 Å². The van der Waals surface area contributed by atoms with Crippen LogP contribution in [-0.4, -0.2) is 29.3 Å². The number of carbonyl (C=O) groups is 1. The van der Waals surface area contributed by atoms with E-state index in [1.807, 2.05) is 18.2 Å². The van der Waals surface area contributed by atoms with E-state index < -0.39 is 0 Å². The minimum atomic E-state index is -0.00237. The summed E-state index contributed by atoms with van der Waals surface area (Å²) in [6, 6.07) is 8.46. The summed E-state index contributed by atoms with van der Waals surface area (Å²) in [4.78, 5) is 13.4. The van der Waals surface area contributed by atoms with Crippen molar-refractivity contribution in [1.82, 2.24) is 5.32 Å². The van der Waals surface area contributed by atoms with Crippen LogP contribution in [0.15, 0.2) is 35.2 Å². The van der Waals surface area contributed by atoms with Gasteiger partial charge in [0.05, 0.1) is 11.1 Å². The lowest BCUT2D eigenvalue weighted by Gasteiger charge is -2.43. The lowest BCUT2D eigenvalue weighted by molar-refractivity contribution is -0.787. The maximum Gasteiger partial charge on any atom is 0.244 e. The van der Waals surface area contributed by atoms with Gasteiger partial charge in [0, 0.05) is 29.9 Å². The van der Waals surface area contributed by atoms with Crippen molar-refractivity contribution in [1.29, 1.82) is 0 Å². The first-order valence-corrected chi connectivity index (χ1v) is 9.41. The summed E-state index contributed by atoms with van der Waals surface area (Å²) in [5.41, 5.74) is 1.38. The van der Waals surface area contributed by atoms with E-state index in [1.54, 1.807) is 17.8 Å². The number of nitrogens with two attached hydrogens (primary N) is 1. The number of hydrogen-bond donors (Lipinski definition) is 2. The Hall–Kier alpha value is -1.26. The Balaban J connectivity index is 1.94.